The molecule has 0 aliphatic carbocycles. The zero-order valence-electron chi connectivity index (χ0n) is 10.7. The molecule has 0 amide bonds. The van der Waals surface area contributed by atoms with Crippen LogP contribution in [0.25, 0.3) is 0 Å². The van der Waals surface area contributed by atoms with Gasteiger partial charge in [0.1, 0.15) is 5.82 Å². The Bertz CT molecular complexity index is 515. The first kappa shape index (κ1) is 15.1. The minimum absolute atomic E-state index is 0.0287. The van der Waals surface area contributed by atoms with Crippen molar-refractivity contribution in [3.05, 3.63) is 29.1 Å². The Morgan fingerprint density at radius 3 is 2.61 bits per heavy atom. The smallest absolute Gasteiger partial charge is 0.240 e. The van der Waals surface area contributed by atoms with E-state index in [2.05, 4.69) is 4.72 Å². The van der Waals surface area contributed by atoms with Crippen LogP contribution in [0.1, 0.15) is 30.9 Å². The highest BCUT2D eigenvalue weighted by molar-refractivity contribution is 7.89. The van der Waals surface area contributed by atoms with E-state index in [1.807, 2.05) is 6.92 Å². The molecule has 0 bridgehead atoms. The summed E-state index contributed by atoms with van der Waals surface area (Å²) in [5.41, 5.74) is 6.01. The third kappa shape index (κ3) is 3.51. The number of hydrogen-bond acceptors (Lipinski definition) is 3. The molecule has 0 unspecified atom stereocenters. The van der Waals surface area contributed by atoms with E-state index >= 15 is 0 Å². The standard InChI is InChI=1S/C12H19FN2O2S/c1-3-4-5-15-18(16,17)12-7-10(8-14)6-11(13)9(12)2/h6-7,15H,3-5,8,14H2,1-2H3. The Morgan fingerprint density at radius 2 is 2.06 bits per heavy atom. The van der Waals surface area contributed by atoms with E-state index in [1.165, 1.54) is 19.1 Å². The minimum atomic E-state index is -3.66. The lowest BCUT2D eigenvalue weighted by molar-refractivity contribution is 0.571. The predicted molar refractivity (Wildman–Crippen MR) is 69.1 cm³/mol. The van der Waals surface area contributed by atoms with Crippen LogP contribution < -0.4 is 10.5 Å². The molecule has 4 nitrogen and oxygen atoms in total. The molecule has 0 atom stereocenters. The molecular weight excluding hydrogens is 255 g/mol. The number of benzene rings is 1. The third-order valence-electron chi connectivity index (χ3n) is 2.70. The molecule has 0 aliphatic heterocycles. The number of sulfonamides is 1. The summed E-state index contributed by atoms with van der Waals surface area (Å²) in [6.45, 7) is 3.87. The van der Waals surface area contributed by atoms with Crippen LogP contribution in [0.4, 0.5) is 4.39 Å². The molecule has 0 aromatic heterocycles. The van der Waals surface area contributed by atoms with Gasteiger partial charge in [-0.1, -0.05) is 13.3 Å². The molecule has 0 saturated carbocycles. The van der Waals surface area contributed by atoms with E-state index in [9.17, 15) is 12.8 Å². The summed E-state index contributed by atoms with van der Waals surface area (Å²) in [7, 11) is -3.66. The number of unbranched alkanes of at least 4 members (excludes halogenated alkanes) is 1. The maximum atomic E-state index is 13.6. The van der Waals surface area contributed by atoms with E-state index in [-0.39, 0.29) is 17.0 Å². The quantitative estimate of drug-likeness (QED) is 0.775. The van der Waals surface area contributed by atoms with Crippen LogP contribution in [-0.4, -0.2) is 15.0 Å². The maximum absolute atomic E-state index is 13.6. The lowest BCUT2D eigenvalue weighted by Gasteiger charge is -2.11. The largest absolute Gasteiger partial charge is 0.326 e. The van der Waals surface area contributed by atoms with Crippen LogP contribution in [0.15, 0.2) is 17.0 Å². The summed E-state index contributed by atoms with van der Waals surface area (Å²) in [5, 5.41) is 0. The molecule has 1 aromatic rings. The molecule has 0 radical (unpaired) electrons. The summed E-state index contributed by atoms with van der Waals surface area (Å²) in [6.07, 6.45) is 1.63. The van der Waals surface area contributed by atoms with Crippen molar-refractivity contribution in [2.24, 2.45) is 5.73 Å². The van der Waals surface area contributed by atoms with Crippen molar-refractivity contribution in [2.75, 3.05) is 6.54 Å². The van der Waals surface area contributed by atoms with Crippen molar-refractivity contribution in [3.8, 4) is 0 Å². The molecule has 0 fully saturated rings. The van der Waals surface area contributed by atoms with E-state index in [4.69, 9.17) is 5.73 Å². The molecule has 102 valence electrons. The fraction of sp³-hybridized carbons (Fsp3) is 0.500. The SMILES string of the molecule is CCCCNS(=O)(=O)c1cc(CN)cc(F)c1C. The fourth-order valence-corrected chi connectivity index (χ4v) is 2.94. The number of halogens is 1. The summed E-state index contributed by atoms with van der Waals surface area (Å²) in [6, 6.07) is 2.69. The Labute approximate surface area is 107 Å². The van der Waals surface area contributed by atoms with Crippen LogP contribution in [0.3, 0.4) is 0 Å². The lowest BCUT2D eigenvalue weighted by Crippen LogP contribution is -2.26. The first-order valence-electron chi connectivity index (χ1n) is 5.91. The topological polar surface area (TPSA) is 72.2 Å². The van der Waals surface area contributed by atoms with Gasteiger partial charge in [-0.15, -0.1) is 0 Å². The third-order valence-corrected chi connectivity index (χ3v) is 4.29. The van der Waals surface area contributed by atoms with E-state index in [1.54, 1.807) is 0 Å². The number of nitrogens with one attached hydrogen (secondary N) is 1. The van der Waals surface area contributed by atoms with Gasteiger partial charge in [0, 0.05) is 18.7 Å². The molecule has 0 aliphatic rings. The number of hydrogen-bond donors (Lipinski definition) is 2. The maximum Gasteiger partial charge on any atom is 0.240 e. The van der Waals surface area contributed by atoms with E-state index in [0.717, 1.165) is 12.8 Å². The number of nitrogens with two attached hydrogens (primary N) is 1. The molecular formula is C12H19FN2O2S. The van der Waals surface area contributed by atoms with Crippen molar-refractivity contribution in [1.29, 1.82) is 0 Å². The van der Waals surface area contributed by atoms with E-state index < -0.39 is 15.8 Å². The Balaban J connectivity index is 3.11. The van der Waals surface area contributed by atoms with Crippen molar-refractivity contribution in [1.82, 2.24) is 4.72 Å². The van der Waals surface area contributed by atoms with Crippen LogP contribution in [0, 0.1) is 12.7 Å². The van der Waals surface area contributed by atoms with Crippen LogP contribution >= 0.6 is 0 Å². The average molecular weight is 274 g/mol. The highest BCUT2D eigenvalue weighted by Crippen LogP contribution is 2.20. The molecule has 0 saturated heterocycles. The average Bonchev–Trinajstić information content (AvgIpc) is 2.32. The van der Waals surface area contributed by atoms with Gasteiger partial charge in [-0.25, -0.2) is 17.5 Å². The zero-order valence-corrected chi connectivity index (χ0v) is 11.5. The molecule has 6 heteroatoms. The van der Waals surface area contributed by atoms with Crippen molar-refractivity contribution in [3.63, 3.8) is 0 Å². The number of rotatable bonds is 6. The summed E-state index contributed by atoms with van der Waals surface area (Å²) < 4.78 is 40.1. The van der Waals surface area contributed by atoms with Gasteiger partial charge in [-0.2, -0.15) is 0 Å². The van der Waals surface area contributed by atoms with Gasteiger partial charge < -0.3 is 5.73 Å². The fourth-order valence-electron chi connectivity index (χ4n) is 1.57. The first-order valence-corrected chi connectivity index (χ1v) is 7.39. The molecule has 1 aromatic carbocycles. The van der Waals surface area contributed by atoms with E-state index in [0.29, 0.717) is 12.1 Å². The highest BCUT2D eigenvalue weighted by Gasteiger charge is 2.19. The molecule has 0 heterocycles. The Morgan fingerprint density at radius 1 is 1.39 bits per heavy atom. The first-order chi connectivity index (χ1) is 8.42. The zero-order chi connectivity index (χ0) is 13.8. The highest BCUT2D eigenvalue weighted by atomic mass is 32.2. The monoisotopic (exact) mass is 274 g/mol. The Kier molecular flexibility index (Phi) is 5.25. The van der Waals surface area contributed by atoms with Gasteiger partial charge >= 0.3 is 0 Å². The van der Waals surface area contributed by atoms with Crippen LogP contribution in [-0.2, 0) is 16.6 Å². The molecule has 3 N–H and O–H groups in total. The van der Waals surface area contributed by atoms with Gasteiger partial charge in [-0.05, 0) is 31.0 Å². The molecule has 18 heavy (non-hydrogen) atoms. The van der Waals surface area contributed by atoms with Gasteiger partial charge in [-0.3, -0.25) is 0 Å². The lowest BCUT2D eigenvalue weighted by atomic mass is 10.1. The predicted octanol–water partition coefficient (Wildman–Crippen LogP) is 1.67. The van der Waals surface area contributed by atoms with Gasteiger partial charge in [0.25, 0.3) is 0 Å². The summed E-state index contributed by atoms with van der Waals surface area (Å²) in [4.78, 5) is -0.0287. The van der Waals surface area contributed by atoms with Crippen LogP contribution in [0.5, 0.6) is 0 Å². The molecule has 1 rings (SSSR count). The second kappa shape index (κ2) is 6.26. The van der Waals surface area contributed by atoms with Crippen LogP contribution in [0.2, 0.25) is 0 Å². The second-order valence-corrected chi connectivity index (χ2v) is 5.89. The van der Waals surface area contributed by atoms with Crippen molar-refractivity contribution >= 4 is 10.0 Å². The Hall–Kier alpha value is -0.980. The summed E-state index contributed by atoms with van der Waals surface area (Å²) in [5.74, 6) is -0.547. The summed E-state index contributed by atoms with van der Waals surface area (Å²) >= 11 is 0. The van der Waals surface area contributed by atoms with Gasteiger partial charge in [0.15, 0.2) is 0 Å². The van der Waals surface area contributed by atoms with Gasteiger partial charge in [0.05, 0.1) is 4.90 Å². The van der Waals surface area contributed by atoms with Crippen molar-refractivity contribution < 1.29 is 12.8 Å². The van der Waals surface area contributed by atoms with Crippen molar-refractivity contribution in [2.45, 2.75) is 38.1 Å². The minimum Gasteiger partial charge on any atom is -0.326 e. The second-order valence-electron chi connectivity index (χ2n) is 4.16. The molecule has 0 spiro atoms. The normalized spacial score (nSPS) is 11.8. The van der Waals surface area contributed by atoms with Gasteiger partial charge in [0.2, 0.25) is 10.0 Å².